The molecule has 16 heavy (non-hydrogen) atoms. The van der Waals surface area contributed by atoms with Crippen LogP contribution in [0.2, 0.25) is 0 Å². The summed E-state index contributed by atoms with van der Waals surface area (Å²) >= 11 is 0. The molecule has 0 aliphatic carbocycles. The van der Waals surface area contributed by atoms with Crippen LogP contribution in [0.3, 0.4) is 0 Å². The van der Waals surface area contributed by atoms with Gasteiger partial charge < -0.3 is 4.90 Å². The van der Waals surface area contributed by atoms with E-state index in [9.17, 15) is 4.79 Å². The SMILES string of the molecule is CC(C)N1CCC(=O)N(C)C[C@H]1C(C)(C)C. The van der Waals surface area contributed by atoms with Gasteiger partial charge in [0.15, 0.2) is 0 Å². The number of hydrogen-bond acceptors (Lipinski definition) is 2. The molecule has 94 valence electrons. The van der Waals surface area contributed by atoms with Gasteiger partial charge in [-0.15, -0.1) is 0 Å². The molecule has 1 rings (SSSR count). The fraction of sp³-hybridized carbons (Fsp3) is 0.923. The van der Waals surface area contributed by atoms with E-state index in [-0.39, 0.29) is 11.3 Å². The quantitative estimate of drug-likeness (QED) is 0.682. The Morgan fingerprint density at radius 1 is 1.31 bits per heavy atom. The predicted octanol–water partition coefficient (Wildman–Crippen LogP) is 1.97. The molecule has 0 bridgehead atoms. The number of carbonyl (C=O) groups is 1. The first-order valence-electron chi connectivity index (χ1n) is 6.23. The summed E-state index contributed by atoms with van der Waals surface area (Å²) in [5.41, 5.74) is 0.211. The minimum Gasteiger partial charge on any atom is -0.344 e. The van der Waals surface area contributed by atoms with Crippen molar-refractivity contribution in [3.8, 4) is 0 Å². The summed E-state index contributed by atoms with van der Waals surface area (Å²) in [4.78, 5) is 16.1. The van der Waals surface area contributed by atoms with Gasteiger partial charge >= 0.3 is 0 Å². The molecule has 1 heterocycles. The van der Waals surface area contributed by atoms with Crippen molar-refractivity contribution < 1.29 is 4.79 Å². The van der Waals surface area contributed by atoms with E-state index in [1.54, 1.807) is 0 Å². The third-order valence-corrected chi connectivity index (χ3v) is 3.52. The van der Waals surface area contributed by atoms with Gasteiger partial charge in [-0.05, 0) is 19.3 Å². The lowest BCUT2D eigenvalue weighted by molar-refractivity contribution is -0.129. The van der Waals surface area contributed by atoms with E-state index in [4.69, 9.17) is 0 Å². The third kappa shape index (κ3) is 2.97. The van der Waals surface area contributed by atoms with Crippen LogP contribution < -0.4 is 0 Å². The topological polar surface area (TPSA) is 23.6 Å². The molecule has 1 amide bonds. The van der Waals surface area contributed by atoms with Gasteiger partial charge in [-0.25, -0.2) is 0 Å². The Hall–Kier alpha value is -0.570. The van der Waals surface area contributed by atoms with E-state index in [0.717, 1.165) is 13.1 Å². The molecule has 3 nitrogen and oxygen atoms in total. The van der Waals surface area contributed by atoms with Crippen molar-refractivity contribution in [2.45, 2.75) is 53.1 Å². The zero-order valence-electron chi connectivity index (χ0n) is 11.6. The summed E-state index contributed by atoms with van der Waals surface area (Å²) in [5.74, 6) is 0.275. The van der Waals surface area contributed by atoms with E-state index < -0.39 is 0 Å². The van der Waals surface area contributed by atoms with E-state index in [0.29, 0.717) is 18.5 Å². The smallest absolute Gasteiger partial charge is 0.223 e. The van der Waals surface area contributed by atoms with Gasteiger partial charge in [-0.2, -0.15) is 0 Å². The Kier molecular flexibility index (Phi) is 4.00. The van der Waals surface area contributed by atoms with Gasteiger partial charge in [0.2, 0.25) is 5.91 Å². The van der Waals surface area contributed by atoms with Gasteiger partial charge in [-0.1, -0.05) is 20.8 Å². The summed E-state index contributed by atoms with van der Waals surface area (Å²) in [6, 6.07) is 0.951. The number of amides is 1. The number of likely N-dealkylation sites (N-methyl/N-ethyl adjacent to an activating group) is 1. The molecule has 1 saturated heterocycles. The summed E-state index contributed by atoms with van der Waals surface area (Å²) in [6.07, 6.45) is 0.654. The molecule has 0 aromatic rings. The minimum absolute atomic E-state index is 0.211. The summed E-state index contributed by atoms with van der Waals surface area (Å²) in [5, 5.41) is 0. The maximum Gasteiger partial charge on any atom is 0.223 e. The lowest BCUT2D eigenvalue weighted by Crippen LogP contribution is -2.51. The highest BCUT2D eigenvalue weighted by atomic mass is 16.2. The van der Waals surface area contributed by atoms with E-state index in [1.807, 2.05) is 11.9 Å². The Morgan fingerprint density at radius 3 is 2.31 bits per heavy atom. The largest absolute Gasteiger partial charge is 0.344 e. The maximum absolute atomic E-state index is 11.8. The average molecular weight is 226 g/mol. The molecule has 0 aromatic carbocycles. The second kappa shape index (κ2) is 4.74. The van der Waals surface area contributed by atoms with Gasteiger partial charge in [0.1, 0.15) is 0 Å². The van der Waals surface area contributed by atoms with Gasteiger partial charge in [0.25, 0.3) is 0 Å². The van der Waals surface area contributed by atoms with Crippen molar-refractivity contribution in [2.24, 2.45) is 5.41 Å². The molecule has 0 saturated carbocycles. The van der Waals surface area contributed by atoms with Crippen molar-refractivity contribution in [2.75, 3.05) is 20.1 Å². The van der Waals surface area contributed by atoms with Crippen molar-refractivity contribution in [1.29, 1.82) is 0 Å². The fourth-order valence-electron chi connectivity index (χ4n) is 2.43. The van der Waals surface area contributed by atoms with Crippen LogP contribution in [0.4, 0.5) is 0 Å². The third-order valence-electron chi connectivity index (χ3n) is 3.52. The standard InChI is InChI=1S/C13H26N2O/c1-10(2)15-8-7-12(16)14(6)9-11(15)13(3,4)5/h10-11H,7-9H2,1-6H3/t11-/m0/s1. The predicted molar refractivity (Wildman–Crippen MR) is 67.3 cm³/mol. The first kappa shape index (κ1) is 13.5. The molecule has 0 spiro atoms. The molecule has 0 radical (unpaired) electrons. The molecule has 1 atom stereocenters. The summed E-state index contributed by atoms with van der Waals surface area (Å²) in [6.45, 7) is 13.0. The minimum atomic E-state index is 0.211. The Balaban J connectivity index is 2.93. The first-order valence-corrected chi connectivity index (χ1v) is 6.23. The normalized spacial score (nSPS) is 25.1. The summed E-state index contributed by atoms with van der Waals surface area (Å²) < 4.78 is 0. The Labute approximate surface area is 99.8 Å². The molecule has 3 heteroatoms. The van der Waals surface area contributed by atoms with Crippen molar-refractivity contribution >= 4 is 5.91 Å². The monoisotopic (exact) mass is 226 g/mol. The molecule has 0 aromatic heterocycles. The van der Waals surface area contributed by atoms with Crippen LogP contribution in [-0.2, 0) is 4.79 Å². The van der Waals surface area contributed by atoms with Crippen LogP contribution in [-0.4, -0.2) is 47.9 Å². The van der Waals surface area contributed by atoms with Crippen molar-refractivity contribution in [1.82, 2.24) is 9.80 Å². The van der Waals surface area contributed by atoms with Gasteiger partial charge in [0, 0.05) is 38.6 Å². The molecule has 0 unspecified atom stereocenters. The molecule has 0 N–H and O–H groups in total. The number of carbonyl (C=O) groups excluding carboxylic acids is 1. The van der Waals surface area contributed by atoms with Crippen LogP contribution in [0, 0.1) is 5.41 Å². The maximum atomic E-state index is 11.8. The highest BCUT2D eigenvalue weighted by molar-refractivity contribution is 5.76. The van der Waals surface area contributed by atoms with Crippen LogP contribution in [0.1, 0.15) is 41.0 Å². The van der Waals surface area contributed by atoms with E-state index in [1.165, 1.54) is 0 Å². The highest BCUT2D eigenvalue weighted by Gasteiger charge is 2.35. The van der Waals surface area contributed by atoms with Gasteiger partial charge in [0.05, 0.1) is 0 Å². The number of nitrogens with zero attached hydrogens (tertiary/aromatic N) is 2. The van der Waals surface area contributed by atoms with Crippen molar-refractivity contribution in [3.05, 3.63) is 0 Å². The molecule has 1 fully saturated rings. The lowest BCUT2D eigenvalue weighted by atomic mass is 9.85. The van der Waals surface area contributed by atoms with Gasteiger partial charge in [-0.3, -0.25) is 9.69 Å². The second-order valence-corrected chi connectivity index (χ2v) is 6.24. The van der Waals surface area contributed by atoms with Crippen LogP contribution in [0.15, 0.2) is 0 Å². The molecule has 1 aliphatic rings. The fourth-order valence-corrected chi connectivity index (χ4v) is 2.43. The zero-order chi connectivity index (χ0) is 12.5. The van der Waals surface area contributed by atoms with Crippen molar-refractivity contribution in [3.63, 3.8) is 0 Å². The zero-order valence-corrected chi connectivity index (χ0v) is 11.6. The molecular formula is C13H26N2O. The number of hydrogen-bond donors (Lipinski definition) is 0. The van der Waals surface area contributed by atoms with Crippen LogP contribution >= 0.6 is 0 Å². The average Bonchev–Trinajstić information content (AvgIpc) is 2.26. The molecule has 1 aliphatic heterocycles. The number of rotatable bonds is 1. The Morgan fingerprint density at radius 2 is 1.88 bits per heavy atom. The van der Waals surface area contributed by atoms with Crippen LogP contribution in [0.5, 0.6) is 0 Å². The van der Waals surface area contributed by atoms with E-state index in [2.05, 4.69) is 39.5 Å². The van der Waals surface area contributed by atoms with Crippen LogP contribution in [0.25, 0.3) is 0 Å². The lowest BCUT2D eigenvalue weighted by Gasteiger charge is -2.42. The summed E-state index contributed by atoms with van der Waals surface area (Å²) in [7, 11) is 1.92. The first-order chi connectivity index (χ1) is 7.23. The van der Waals surface area contributed by atoms with E-state index >= 15 is 0 Å². The second-order valence-electron chi connectivity index (χ2n) is 6.24. The highest BCUT2D eigenvalue weighted by Crippen LogP contribution is 2.28. The molecular weight excluding hydrogens is 200 g/mol. The Bertz CT molecular complexity index is 255.